The van der Waals surface area contributed by atoms with E-state index in [2.05, 4.69) is 16.3 Å². The van der Waals surface area contributed by atoms with Crippen LogP contribution in [0.4, 0.5) is 0 Å². The van der Waals surface area contributed by atoms with E-state index in [9.17, 15) is 9.90 Å². The van der Waals surface area contributed by atoms with Gasteiger partial charge in [0.15, 0.2) is 17.6 Å². The minimum absolute atomic E-state index is 0.161. The van der Waals surface area contributed by atoms with E-state index < -0.39 is 28.8 Å². The molecule has 2 spiro atoms. The Balaban J connectivity index is 1.23. The van der Waals surface area contributed by atoms with Crippen molar-refractivity contribution in [1.82, 2.24) is 10.2 Å². The number of methoxy groups -OCH3 is 1. The van der Waals surface area contributed by atoms with E-state index in [4.69, 9.17) is 14.2 Å². The van der Waals surface area contributed by atoms with Crippen LogP contribution in [0.1, 0.15) is 48.8 Å². The normalized spacial score (nSPS) is 38.6. The number of benzene rings is 2. The molecule has 7 nitrogen and oxygen atoms in total. The van der Waals surface area contributed by atoms with Crippen LogP contribution < -0.4 is 14.8 Å². The summed E-state index contributed by atoms with van der Waals surface area (Å²) in [6.07, 6.45) is 4.03. The fraction of sp³-hybridized carbons (Fsp3) is 0.567. The number of amides is 1. The molecule has 4 bridgehead atoms. The summed E-state index contributed by atoms with van der Waals surface area (Å²) in [6.45, 7) is 2.45. The molecule has 2 aromatic rings. The zero-order valence-corrected chi connectivity index (χ0v) is 21.2. The number of hydrogen-bond donors (Lipinski definition) is 2. The third-order valence-corrected chi connectivity index (χ3v) is 10.4. The Hall–Kier alpha value is -2.61. The van der Waals surface area contributed by atoms with Gasteiger partial charge in [-0.25, -0.2) is 0 Å². The van der Waals surface area contributed by atoms with Gasteiger partial charge < -0.3 is 24.6 Å². The first-order chi connectivity index (χ1) is 18.0. The molecule has 6 atom stereocenters. The first kappa shape index (κ1) is 22.4. The van der Waals surface area contributed by atoms with Crippen LogP contribution in [0.3, 0.4) is 0 Å². The lowest BCUT2D eigenvalue weighted by Gasteiger charge is -2.72. The molecular formula is C30H34N2O5. The predicted molar refractivity (Wildman–Crippen MR) is 136 cm³/mol. The number of nitrogens with one attached hydrogen (secondary N) is 1. The predicted octanol–water partition coefficient (Wildman–Crippen LogP) is 2.71. The summed E-state index contributed by atoms with van der Waals surface area (Å²) in [4.78, 5) is 16.4. The molecule has 5 fully saturated rings. The number of rotatable bonds is 6. The van der Waals surface area contributed by atoms with Crippen molar-refractivity contribution in [3.05, 3.63) is 59.2 Å². The average Bonchev–Trinajstić information content (AvgIpc) is 3.66. The molecular weight excluding hydrogens is 468 g/mol. The minimum atomic E-state index is -1.41. The Morgan fingerprint density at radius 2 is 2.00 bits per heavy atom. The van der Waals surface area contributed by atoms with Gasteiger partial charge in [-0.1, -0.05) is 36.4 Å². The van der Waals surface area contributed by atoms with E-state index in [0.717, 1.165) is 49.6 Å². The lowest BCUT2D eigenvalue weighted by molar-refractivity contribution is -0.345. The van der Waals surface area contributed by atoms with Gasteiger partial charge in [-0.3, -0.25) is 9.69 Å². The number of hydrogen-bond acceptors (Lipinski definition) is 6. The molecule has 2 saturated carbocycles. The van der Waals surface area contributed by atoms with Crippen LogP contribution in [0.15, 0.2) is 42.5 Å². The van der Waals surface area contributed by atoms with Crippen LogP contribution in [0.5, 0.6) is 11.5 Å². The summed E-state index contributed by atoms with van der Waals surface area (Å²) in [5, 5.41) is 15.4. The Labute approximate surface area is 217 Å². The number of likely N-dealkylation sites (tertiary alicyclic amines) is 1. The molecule has 194 valence electrons. The number of nitrogens with zero attached hydrogens (tertiary/aromatic N) is 1. The third kappa shape index (κ3) is 2.75. The average molecular weight is 503 g/mol. The third-order valence-electron chi connectivity index (χ3n) is 10.4. The van der Waals surface area contributed by atoms with Gasteiger partial charge in [-0.2, -0.15) is 0 Å². The quantitative estimate of drug-likeness (QED) is 0.633. The van der Waals surface area contributed by atoms with Crippen LogP contribution in [0.2, 0.25) is 0 Å². The minimum Gasteiger partial charge on any atom is -0.493 e. The van der Waals surface area contributed by atoms with Crippen molar-refractivity contribution >= 4 is 5.91 Å². The van der Waals surface area contributed by atoms with Gasteiger partial charge in [-0.05, 0) is 68.2 Å². The van der Waals surface area contributed by atoms with Crippen LogP contribution >= 0.6 is 0 Å². The second kappa shape index (κ2) is 7.49. The van der Waals surface area contributed by atoms with Crippen molar-refractivity contribution in [3.8, 4) is 11.5 Å². The van der Waals surface area contributed by atoms with Crippen LogP contribution in [-0.2, 0) is 27.9 Å². The molecule has 4 aliphatic heterocycles. The van der Waals surface area contributed by atoms with Crippen molar-refractivity contribution in [1.29, 1.82) is 0 Å². The number of piperidine rings is 1. The maximum atomic E-state index is 13.7. The zero-order valence-electron chi connectivity index (χ0n) is 21.2. The second-order valence-electron chi connectivity index (χ2n) is 12.1. The smallest absolute Gasteiger partial charge is 0.252 e. The first-order valence-electron chi connectivity index (χ1n) is 13.8. The summed E-state index contributed by atoms with van der Waals surface area (Å²) in [5.41, 5.74) is 0.999. The van der Waals surface area contributed by atoms with Crippen LogP contribution in [0.25, 0.3) is 0 Å². The number of ether oxygens (including phenoxy) is 3. The number of carbonyl (C=O) groups is 1. The summed E-state index contributed by atoms with van der Waals surface area (Å²) >= 11 is 0. The van der Waals surface area contributed by atoms with Gasteiger partial charge >= 0.3 is 0 Å². The van der Waals surface area contributed by atoms with E-state index in [1.165, 1.54) is 24.0 Å². The topological polar surface area (TPSA) is 80.3 Å². The van der Waals surface area contributed by atoms with E-state index >= 15 is 0 Å². The molecule has 4 heterocycles. The fourth-order valence-corrected chi connectivity index (χ4v) is 8.63. The Kier molecular flexibility index (Phi) is 4.53. The Bertz CT molecular complexity index is 1280. The van der Waals surface area contributed by atoms with Gasteiger partial charge in [0.05, 0.1) is 18.1 Å². The highest BCUT2D eigenvalue weighted by atomic mass is 16.6. The highest BCUT2D eigenvalue weighted by Crippen LogP contribution is 2.71. The molecule has 2 N–H and O–H groups in total. The van der Waals surface area contributed by atoms with E-state index in [-0.39, 0.29) is 11.9 Å². The van der Waals surface area contributed by atoms with Crippen molar-refractivity contribution in [2.45, 2.75) is 79.9 Å². The summed E-state index contributed by atoms with van der Waals surface area (Å²) < 4.78 is 19.5. The molecule has 0 radical (unpaired) electrons. The van der Waals surface area contributed by atoms with Gasteiger partial charge in [0.2, 0.25) is 0 Å². The molecule has 6 unspecified atom stereocenters. The highest BCUT2D eigenvalue weighted by molar-refractivity contribution is 5.83. The first-order valence-corrected chi connectivity index (χ1v) is 13.8. The summed E-state index contributed by atoms with van der Waals surface area (Å²) in [6, 6.07) is 14.2. The van der Waals surface area contributed by atoms with Crippen molar-refractivity contribution in [3.63, 3.8) is 0 Å². The van der Waals surface area contributed by atoms with Gasteiger partial charge in [0.1, 0.15) is 11.7 Å². The Morgan fingerprint density at radius 1 is 1.16 bits per heavy atom. The fourth-order valence-electron chi connectivity index (χ4n) is 8.63. The van der Waals surface area contributed by atoms with Gasteiger partial charge in [0.25, 0.3) is 5.91 Å². The molecule has 2 aromatic carbocycles. The zero-order chi connectivity index (χ0) is 25.0. The molecule has 7 aliphatic rings. The standard InChI is InChI=1S/C30H34N2O5/c1-35-21-10-9-20-15-22-30-12-11-29(34,25(37-30)26(33)31-16-18-5-3-2-4-6-18)27-28(30,23(20)24(21)36-27)13-14-32(22)17-19-7-8-19/h2-6,9-10,19,22,25,27,34H,7-8,11-17H2,1H3,(H,31,33). The summed E-state index contributed by atoms with van der Waals surface area (Å²) in [7, 11) is 1.67. The molecule has 1 amide bonds. The lowest BCUT2D eigenvalue weighted by atomic mass is 9.44. The molecule has 3 aliphatic carbocycles. The molecule has 0 aromatic heterocycles. The lowest BCUT2D eigenvalue weighted by Crippen LogP contribution is -2.87. The monoisotopic (exact) mass is 502 g/mol. The second-order valence-corrected chi connectivity index (χ2v) is 12.1. The Morgan fingerprint density at radius 3 is 2.78 bits per heavy atom. The summed E-state index contributed by atoms with van der Waals surface area (Å²) in [5.74, 6) is 1.95. The van der Waals surface area contributed by atoms with Crippen molar-refractivity contribution in [2.24, 2.45) is 5.92 Å². The van der Waals surface area contributed by atoms with Crippen LogP contribution in [-0.4, -0.2) is 65.6 Å². The van der Waals surface area contributed by atoms with E-state index in [1.54, 1.807) is 7.11 Å². The maximum Gasteiger partial charge on any atom is 0.252 e. The molecule has 3 saturated heterocycles. The van der Waals surface area contributed by atoms with E-state index in [0.29, 0.717) is 18.7 Å². The molecule has 37 heavy (non-hydrogen) atoms. The largest absolute Gasteiger partial charge is 0.493 e. The number of aliphatic hydroxyl groups is 1. The highest BCUT2D eigenvalue weighted by Gasteiger charge is 2.82. The maximum absolute atomic E-state index is 13.7. The van der Waals surface area contributed by atoms with Crippen molar-refractivity contribution < 1.29 is 24.1 Å². The van der Waals surface area contributed by atoms with E-state index in [1.807, 2.05) is 36.4 Å². The van der Waals surface area contributed by atoms with Gasteiger partial charge in [0, 0.05) is 24.7 Å². The van der Waals surface area contributed by atoms with Crippen molar-refractivity contribution in [2.75, 3.05) is 20.2 Å². The molecule has 9 rings (SSSR count). The van der Waals surface area contributed by atoms with Crippen LogP contribution in [0, 0.1) is 5.92 Å². The number of fused-ring (bicyclic) bond motifs is 2. The molecule has 7 heteroatoms. The SMILES string of the molecule is COc1ccc2c3c1OC1C4(O)CCC5(OC4C(=O)NCc4ccccc4)C(C2)N(CC2CC2)CCC315. The van der Waals surface area contributed by atoms with Gasteiger partial charge in [-0.15, -0.1) is 0 Å². The number of carbonyl (C=O) groups excluding carboxylic acids is 1.